The molecule has 230 valence electrons. The van der Waals surface area contributed by atoms with Crippen molar-refractivity contribution in [2.75, 3.05) is 19.8 Å². The molecule has 15 atom stereocenters. The summed E-state index contributed by atoms with van der Waals surface area (Å²) >= 11 is 0. The molecule has 4 rings (SSSR count). The van der Waals surface area contributed by atoms with E-state index in [-0.39, 0.29) is 0 Å². The number of carbonyl (C=O) groups is 2. The second kappa shape index (κ2) is 11.6. The Kier molecular flexibility index (Phi) is 9.06. The number of nitrogens with one attached hydrogen (secondary N) is 2. The second-order valence-electron chi connectivity index (χ2n) is 10.2. The molecule has 0 radical (unpaired) electrons. The van der Waals surface area contributed by atoms with Gasteiger partial charge in [0, 0.05) is 13.8 Å². The van der Waals surface area contributed by atoms with E-state index in [2.05, 4.69) is 10.6 Å². The quantitative estimate of drug-likeness (QED) is 0.124. The zero-order valence-electron chi connectivity index (χ0n) is 21.5. The molecule has 0 aromatic rings. The van der Waals surface area contributed by atoms with E-state index in [0.29, 0.717) is 0 Å². The minimum Gasteiger partial charge on any atom is -0.394 e. The van der Waals surface area contributed by atoms with Crippen LogP contribution >= 0.6 is 0 Å². The fourth-order valence-electron chi connectivity index (χ4n) is 5.75. The van der Waals surface area contributed by atoms with Crippen LogP contribution in [0.2, 0.25) is 0 Å². The number of rotatable bonds is 7. The first kappa shape index (κ1) is 31.3. The maximum atomic E-state index is 12.1. The van der Waals surface area contributed by atoms with Crippen LogP contribution in [0, 0.1) is 0 Å². The van der Waals surface area contributed by atoms with Crippen LogP contribution in [-0.4, -0.2) is 169 Å². The standard InChI is InChI=1S/C22H36N2O16/c1-6(28)23-11-16(14(31)8(3-25)36-19(11)35)38-20-12(24-7(2)29)17(33)21(10(5-27)37-20)22(40-21)18(34)15(32)13(30)9(4-26)39-22/h8-20,25-27,30-35H,3-5H2,1-2H3,(H,23,28)(H,24,29)/t8-,9-,10-,11-,12-,13-,14-,15+,16-,17-,18+,19-,20+,21-,22-/m1/s1. The average Bonchev–Trinajstić information content (AvgIpc) is 3.57. The summed E-state index contributed by atoms with van der Waals surface area (Å²) in [5, 5.41) is 98.2. The van der Waals surface area contributed by atoms with Crippen molar-refractivity contribution in [3.63, 3.8) is 0 Å². The second-order valence-corrected chi connectivity index (χ2v) is 10.2. The largest absolute Gasteiger partial charge is 0.394 e. The average molecular weight is 585 g/mol. The molecule has 18 heteroatoms. The molecule has 0 bridgehead atoms. The van der Waals surface area contributed by atoms with Gasteiger partial charge >= 0.3 is 0 Å². The number of fused-ring (bicyclic) bond motifs is 1. The van der Waals surface area contributed by atoms with Crippen molar-refractivity contribution in [2.24, 2.45) is 0 Å². The molecule has 0 unspecified atom stereocenters. The third-order valence-corrected chi connectivity index (χ3v) is 7.69. The first-order chi connectivity index (χ1) is 18.8. The third-order valence-electron chi connectivity index (χ3n) is 7.69. The molecule has 0 aliphatic carbocycles. The van der Waals surface area contributed by atoms with Gasteiger partial charge in [-0.1, -0.05) is 0 Å². The lowest BCUT2D eigenvalue weighted by Crippen LogP contribution is -2.73. The number of hydrogen-bond donors (Lipinski definition) is 11. The number of hydrogen-bond acceptors (Lipinski definition) is 16. The van der Waals surface area contributed by atoms with Crippen molar-refractivity contribution in [3.05, 3.63) is 0 Å². The van der Waals surface area contributed by atoms with E-state index in [0.717, 1.165) is 13.8 Å². The first-order valence-corrected chi connectivity index (χ1v) is 12.6. The molecule has 4 heterocycles. The van der Waals surface area contributed by atoms with Crippen molar-refractivity contribution in [2.45, 2.75) is 105 Å². The van der Waals surface area contributed by atoms with Crippen LogP contribution in [0.3, 0.4) is 0 Å². The summed E-state index contributed by atoms with van der Waals surface area (Å²) in [6, 6.07) is -3.02. The van der Waals surface area contributed by atoms with Crippen LogP contribution in [-0.2, 0) is 33.3 Å². The van der Waals surface area contributed by atoms with Gasteiger partial charge in [-0.15, -0.1) is 0 Å². The van der Waals surface area contributed by atoms with Crippen LogP contribution in [0.15, 0.2) is 0 Å². The van der Waals surface area contributed by atoms with Gasteiger partial charge in [-0.05, 0) is 0 Å². The third kappa shape index (κ3) is 4.90. The maximum Gasteiger partial charge on any atom is 0.234 e. The number of ether oxygens (including phenoxy) is 5. The normalized spacial score (nSPS) is 50.5. The van der Waals surface area contributed by atoms with Gasteiger partial charge in [0.15, 0.2) is 18.2 Å². The van der Waals surface area contributed by atoms with E-state index in [9.17, 15) is 55.5 Å². The summed E-state index contributed by atoms with van der Waals surface area (Å²) in [4.78, 5) is 23.9. The summed E-state index contributed by atoms with van der Waals surface area (Å²) in [5.74, 6) is -3.69. The molecular weight excluding hydrogens is 548 g/mol. The fraction of sp³-hybridized carbons (Fsp3) is 0.909. The monoisotopic (exact) mass is 584 g/mol. The van der Waals surface area contributed by atoms with Crippen LogP contribution in [0.5, 0.6) is 0 Å². The summed E-state index contributed by atoms with van der Waals surface area (Å²) < 4.78 is 28.1. The topological polar surface area (TPSA) is 290 Å². The Morgan fingerprint density at radius 2 is 1.38 bits per heavy atom. The molecule has 0 aromatic carbocycles. The number of amides is 2. The van der Waals surface area contributed by atoms with Gasteiger partial charge in [0.05, 0.1) is 19.8 Å². The minimum absolute atomic E-state index is 0.651. The molecule has 11 N–H and O–H groups in total. The highest BCUT2D eigenvalue weighted by molar-refractivity contribution is 5.73. The zero-order chi connectivity index (χ0) is 29.7. The van der Waals surface area contributed by atoms with Crippen molar-refractivity contribution >= 4 is 11.8 Å². The number of aliphatic hydroxyl groups excluding tert-OH is 9. The van der Waals surface area contributed by atoms with Crippen LogP contribution < -0.4 is 10.6 Å². The molecule has 18 nitrogen and oxygen atoms in total. The Labute approximate surface area is 227 Å². The molecule has 4 aliphatic heterocycles. The predicted molar refractivity (Wildman–Crippen MR) is 122 cm³/mol. The van der Waals surface area contributed by atoms with E-state index in [4.69, 9.17) is 23.7 Å². The Hall–Kier alpha value is -1.62. The highest BCUT2D eigenvalue weighted by atomic mass is 16.8. The number of aliphatic hydroxyl groups is 9. The smallest absolute Gasteiger partial charge is 0.234 e. The molecule has 40 heavy (non-hydrogen) atoms. The van der Waals surface area contributed by atoms with Crippen molar-refractivity contribution < 1.29 is 79.2 Å². The number of epoxide rings is 1. The summed E-state index contributed by atoms with van der Waals surface area (Å²) in [5.41, 5.74) is -2.18. The van der Waals surface area contributed by atoms with E-state index >= 15 is 0 Å². The van der Waals surface area contributed by atoms with E-state index in [1.54, 1.807) is 0 Å². The van der Waals surface area contributed by atoms with Gasteiger partial charge in [-0.3, -0.25) is 9.59 Å². The van der Waals surface area contributed by atoms with Gasteiger partial charge in [0.2, 0.25) is 17.6 Å². The predicted octanol–water partition coefficient (Wildman–Crippen LogP) is -7.53. The van der Waals surface area contributed by atoms with Gasteiger partial charge in [0.1, 0.15) is 67.0 Å². The maximum absolute atomic E-state index is 12.1. The Bertz CT molecular complexity index is 942. The fourth-order valence-corrected chi connectivity index (χ4v) is 5.75. The lowest BCUT2D eigenvalue weighted by atomic mass is 9.78. The highest BCUT2D eigenvalue weighted by Crippen LogP contribution is 2.61. The van der Waals surface area contributed by atoms with Gasteiger partial charge in [-0.25, -0.2) is 0 Å². The van der Waals surface area contributed by atoms with Gasteiger partial charge < -0.3 is 80.3 Å². The summed E-state index contributed by atoms with van der Waals surface area (Å²) in [6.45, 7) is -0.306. The minimum atomic E-state index is -2.32. The summed E-state index contributed by atoms with van der Waals surface area (Å²) in [6.07, 6.45) is -18.8. The Morgan fingerprint density at radius 1 is 0.775 bits per heavy atom. The van der Waals surface area contributed by atoms with Crippen LogP contribution in [0.4, 0.5) is 0 Å². The molecule has 0 saturated carbocycles. The molecule has 2 spiro atoms. The molecule has 4 fully saturated rings. The Morgan fingerprint density at radius 3 is 1.93 bits per heavy atom. The lowest BCUT2D eigenvalue weighted by Gasteiger charge is -2.49. The van der Waals surface area contributed by atoms with E-state index < -0.39 is 123 Å². The van der Waals surface area contributed by atoms with Crippen LogP contribution in [0.25, 0.3) is 0 Å². The first-order valence-electron chi connectivity index (χ1n) is 12.6. The van der Waals surface area contributed by atoms with Crippen molar-refractivity contribution in [1.29, 1.82) is 0 Å². The SMILES string of the molecule is CC(=O)N[C@@H]1[C@@H](O[C@@H]2O[C@H](CO)[C@@]3(O[C@@]34O[C@H](CO)[C@@H](O)[C@H](O)[C@@H]4O)[C@H](O)[C@H]2NC(C)=O)[C@H](O)[C@@H](CO)O[C@H]1O. The van der Waals surface area contributed by atoms with Crippen molar-refractivity contribution in [3.8, 4) is 0 Å². The van der Waals surface area contributed by atoms with E-state index in [1.165, 1.54) is 0 Å². The Balaban J connectivity index is 1.68. The van der Waals surface area contributed by atoms with Gasteiger partial charge in [0.25, 0.3) is 0 Å². The molecular formula is C22H36N2O16. The van der Waals surface area contributed by atoms with Crippen LogP contribution in [0.1, 0.15) is 13.8 Å². The van der Waals surface area contributed by atoms with Gasteiger partial charge in [-0.2, -0.15) is 0 Å². The summed E-state index contributed by atoms with van der Waals surface area (Å²) in [7, 11) is 0. The van der Waals surface area contributed by atoms with E-state index in [1.807, 2.05) is 0 Å². The highest BCUT2D eigenvalue weighted by Gasteiger charge is 2.87. The van der Waals surface area contributed by atoms with Crippen molar-refractivity contribution in [1.82, 2.24) is 10.6 Å². The molecule has 2 amide bonds. The zero-order valence-corrected chi connectivity index (χ0v) is 21.5. The molecule has 4 saturated heterocycles. The molecule has 4 aliphatic rings. The number of carbonyl (C=O) groups excluding carboxylic acids is 2. The lowest BCUT2D eigenvalue weighted by molar-refractivity contribution is -0.324. The molecule has 0 aromatic heterocycles.